The minimum Gasteiger partial charge on any atom is -0.489 e. The molecule has 1 aliphatic rings. The normalized spacial score (nSPS) is 16.2. The number of amides is 1. The molecule has 0 aliphatic heterocycles. The van der Waals surface area contributed by atoms with Crippen molar-refractivity contribution in [1.82, 2.24) is 9.38 Å². The minimum absolute atomic E-state index is 0.424. The average molecular weight is 287 g/mol. The van der Waals surface area contributed by atoms with E-state index >= 15 is 0 Å². The van der Waals surface area contributed by atoms with E-state index in [9.17, 15) is 4.79 Å². The molecule has 21 heavy (non-hydrogen) atoms. The number of imidazole rings is 1. The summed E-state index contributed by atoms with van der Waals surface area (Å²) in [5.74, 6) is 0.883. The number of nitrogens with zero attached hydrogens (tertiary/aromatic N) is 2. The highest BCUT2D eigenvalue weighted by Gasteiger charge is 2.18. The fraction of sp³-hybridized carbons (Fsp3) is 0.500. The molecule has 1 saturated carbocycles. The molecule has 0 aromatic carbocycles. The summed E-state index contributed by atoms with van der Waals surface area (Å²) < 4.78 is 7.69. The first kappa shape index (κ1) is 13.9. The van der Waals surface area contributed by atoms with E-state index in [4.69, 9.17) is 10.5 Å². The predicted octanol–water partition coefficient (Wildman–Crippen LogP) is 2.70. The van der Waals surface area contributed by atoms with Crippen molar-refractivity contribution in [2.75, 3.05) is 6.61 Å². The van der Waals surface area contributed by atoms with Gasteiger partial charge in [-0.3, -0.25) is 9.20 Å². The van der Waals surface area contributed by atoms with E-state index in [1.165, 1.54) is 32.1 Å². The number of nitrogens with two attached hydrogens (primary N) is 1. The first-order valence-electron chi connectivity index (χ1n) is 7.57. The molecule has 1 amide bonds. The number of pyridine rings is 1. The van der Waals surface area contributed by atoms with Crippen LogP contribution in [-0.2, 0) is 0 Å². The lowest BCUT2D eigenvalue weighted by molar-refractivity contribution is 0.0994. The van der Waals surface area contributed by atoms with Gasteiger partial charge < -0.3 is 10.5 Å². The second kappa shape index (κ2) is 5.76. The largest absolute Gasteiger partial charge is 0.489 e. The Kier molecular flexibility index (Phi) is 3.82. The van der Waals surface area contributed by atoms with Crippen molar-refractivity contribution in [2.24, 2.45) is 11.7 Å². The highest BCUT2D eigenvalue weighted by atomic mass is 16.5. The Bertz CT molecular complexity index is 657. The summed E-state index contributed by atoms with van der Waals surface area (Å²) >= 11 is 0. The Balaban J connectivity index is 1.85. The lowest BCUT2D eigenvalue weighted by Crippen LogP contribution is -2.16. The molecule has 1 fully saturated rings. The van der Waals surface area contributed by atoms with Crippen LogP contribution < -0.4 is 10.5 Å². The predicted molar refractivity (Wildman–Crippen MR) is 80.5 cm³/mol. The van der Waals surface area contributed by atoms with Crippen molar-refractivity contribution in [3.05, 3.63) is 29.7 Å². The number of carbonyl (C=O) groups excluding carboxylic acids is 1. The zero-order valence-electron chi connectivity index (χ0n) is 12.3. The van der Waals surface area contributed by atoms with Gasteiger partial charge in [-0.15, -0.1) is 0 Å². The van der Waals surface area contributed by atoms with Gasteiger partial charge in [-0.25, -0.2) is 4.98 Å². The number of hydrogen-bond acceptors (Lipinski definition) is 3. The Morgan fingerprint density at radius 3 is 2.90 bits per heavy atom. The van der Waals surface area contributed by atoms with Gasteiger partial charge in [0.15, 0.2) is 11.4 Å². The fourth-order valence-electron chi connectivity index (χ4n) is 3.13. The molecule has 0 bridgehead atoms. The Morgan fingerprint density at radius 1 is 1.43 bits per heavy atom. The summed E-state index contributed by atoms with van der Waals surface area (Å²) in [6.45, 7) is 2.51. The van der Waals surface area contributed by atoms with Crippen LogP contribution in [0.5, 0.6) is 5.75 Å². The van der Waals surface area contributed by atoms with Crippen LogP contribution in [0.15, 0.2) is 18.3 Å². The van der Waals surface area contributed by atoms with Crippen molar-refractivity contribution >= 4 is 11.6 Å². The van der Waals surface area contributed by atoms with E-state index in [1.54, 1.807) is 17.5 Å². The molecule has 1 aliphatic carbocycles. The summed E-state index contributed by atoms with van der Waals surface area (Å²) in [5.41, 5.74) is 7.15. The zero-order chi connectivity index (χ0) is 14.8. The third-order valence-corrected chi connectivity index (χ3v) is 4.22. The van der Waals surface area contributed by atoms with Crippen LogP contribution in [0.4, 0.5) is 0 Å². The highest BCUT2D eigenvalue weighted by molar-refractivity contribution is 5.93. The van der Waals surface area contributed by atoms with Gasteiger partial charge in [0.25, 0.3) is 5.91 Å². The maximum Gasteiger partial charge on any atom is 0.267 e. The molecule has 2 N–H and O–H groups in total. The number of fused-ring (bicyclic) bond motifs is 1. The van der Waals surface area contributed by atoms with Gasteiger partial charge in [0.2, 0.25) is 0 Å². The maximum atomic E-state index is 11.5. The first-order chi connectivity index (χ1) is 10.2. The van der Waals surface area contributed by atoms with E-state index in [-0.39, 0.29) is 0 Å². The van der Waals surface area contributed by atoms with Gasteiger partial charge >= 0.3 is 0 Å². The van der Waals surface area contributed by atoms with Crippen LogP contribution in [-0.4, -0.2) is 21.9 Å². The second-order valence-electron chi connectivity index (χ2n) is 5.79. The van der Waals surface area contributed by atoms with Gasteiger partial charge in [0.1, 0.15) is 5.69 Å². The van der Waals surface area contributed by atoms with Gasteiger partial charge in [0, 0.05) is 6.20 Å². The topological polar surface area (TPSA) is 69.6 Å². The molecule has 0 radical (unpaired) electrons. The Hall–Kier alpha value is -2.04. The molecule has 0 unspecified atom stereocenters. The van der Waals surface area contributed by atoms with Crippen molar-refractivity contribution < 1.29 is 9.53 Å². The molecule has 2 heterocycles. The monoisotopic (exact) mass is 287 g/mol. The number of primary amides is 1. The standard InChI is InChI=1S/C16H21N3O2/c1-11-14(15(17)20)19-9-5-8-13(16(19)18-11)21-10-12-6-3-2-4-7-12/h5,8-9,12H,2-4,6-7,10H2,1H3,(H2,17,20). The summed E-state index contributed by atoms with van der Waals surface area (Å²) in [5, 5.41) is 0. The third-order valence-electron chi connectivity index (χ3n) is 4.22. The van der Waals surface area contributed by atoms with Gasteiger partial charge in [-0.05, 0) is 37.8 Å². The van der Waals surface area contributed by atoms with Crippen LogP contribution in [0.2, 0.25) is 0 Å². The lowest BCUT2D eigenvalue weighted by Gasteiger charge is -2.21. The van der Waals surface area contributed by atoms with Crippen molar-refractivity contribution in [3.63, 3.8) is 0 Å². The summed E-state index contributed by atoms with van der Waals surface area (Å²) in [6, 6.07) is 3.76. The van der Waals surface area contributed by atoms with Crippen LogP contribution in [0.1, 0.15) is 48.3 Å². The van der Waals surface area contributed by atoms with Crippen molar-refractivity contribution in [2.45, 2.75) is 39.0 Å². The summed E-state index contributed by atoms with van der Waals surface area (Å²) in [7, 11) is 0. The van der Waals surface area contributed by atoms with E-state index in [2.05, 4.69) is 4.98 Å². The second-order valence-corrected chi connectivity index (χ2v) is 5.79. The Morgan fingerprint density at radius 2 is 2.19 bits per heavy atom. The quantitative estimate of drug-likeness (QED) is 0.940. The molecule has 2 aromatic rings. The van der Waals surface area contributed by atoms with Gasteiger partial charge in [-0.1, -0.05) is 19.3 Å². The molecule has 112 valence electrons. The summed E-state index contributed by atoms with van der Waals surface area (Å²) in [4.78, 5) is 16.0. The molecule has 5 nitrogen and oxygen atoms in total. The number of aryl methyl sites for hydroxylation is 1. The number of carbonyl (C=O) groups is 1. The Labute approximate surface area is 124 Å². The van der Waals surface area contributed by atoms with Crippen LogP contribution in [0.3, 0.4) is 0 Å². The van der Waals surface area contributed by atoms with Gasteiger partial charge in [0.05, 0.1) is 12.3 Å². The van der Waals surface area contributed by atoms with Gasteiger partial charge in [-0.2, -0.15) is 0 Å². The van der Waals surface area contributed by atoms with Crippen LogP contribution >= 0.6 is 0 Å². The zero-order valence-corrected chi connectivity index (χ0v) is 12.3. The number of hydrogen-bond donors (Lipinski definition) is 1. The fourth-order valence-corrected chi connectivity index (χ4v) is 3.13. The molecule has 0 spiro atoms. The SMILES string of the molecule is Cc1nc2c(OCC3CCCCC3)cccn2c1C(N)=O. The van der Waals surface area contributed by atoms with E-state index < -0.39 is 5.91 Å². The molecular formula is C16H21N3O2. The highest BCUT2D eigenvalue weighted by Crippen LogP contribution is 2.26. The third kappa shape index (κ3) is 2.73. The average Bonchev–Trinajstić information content (AvgIpc) is 2.82. The molecule has 0 saturated heterocycles. The number of aromatic nitrogens is 2. The molecule has 3 rings (SSSR count). The minimum atomic E-state index is -0.468. The summed E-state index contributed by atoms with van der Waals surface area (Å²) in [6.07, 6.45) is 8.21. The smallest absolute Gasteiger partial charge is 0.267 e. The number of rotatable bonds is 4. The molecular weight excluding hydrogens is 266 g/mol. The molecule has 0 atom stereocenters. The first-order valence-corrected chi connectivity index (χ1v) is 7.57. The van der Waals surface area contributed by atoms with Crippen molar-refractivity contribution in [3.8, 4) is 5.75 Å². The lowest BCUT2D eigenvalue weighted by atomic mass is 9.90. The van der Waals surface area contributed by atoms with E-state index in [0.717, 1.165) is 12.4 Å². The molecule has 2 aromatic heterocycles. The van der Waals surface area contributed by atoms with E-state index in [1.807, 2.05) is 12.1 Å². The number of ether oxygens (including phenoxy) is 1. The molecule has 5 heteroatoms. The van der Waals surface area contributed by atoms with Crippen LogP contribution in [0.25, 0.3) is 5.65 Å². The maximum absolute atomic E-state index is 11.5. The van der Waals surface area contributed by atoms with Crippen LogP contribution in [0, 0.1) is 12.8 Å². The van der Waals surface area contributed by atoms with E-state index in [0.29, 0.717) is 23.0 Å². The van der Waals surface area contributed by atoms with Crippen molar-refractivity contribution in [1.29, 1.82) is 0 Å².